The first-order valence-electron chi connectivity index (χ1n) is 7.83. The first-order valence-corrected chi connectivity index (χ1v) is 7.83. The molecule has 0 aromatic rings. The van der Waals surface area contributed by atoms with Gasteiger partial charge in [0.05, 0.1) is 18.2 Å². The molecule has 3 unspecified atom stereocenters. The van der Waals surface area contributed by atoms with Crippen LogP contribution >= 0.6 is 0 Å². The highest BCUT2D eigenvalue weighted by Crippen LogP contribution is 2.27. The molecule has 0 spiro atoms. The minimum Gasteiger partial charge on any atom is -0.444 e. The zero-order chi connectivity index (χ0) is 17.4. The smallest absolute Gasteiger partial charge is 0.407 e. The highest BCUT2D eigenvalue weighted by molar-refractivity contribution is 6.01. The monoisotopic (exact) mass is 327 g/mol. The molecule has 1 aliphatic carbocycles. The Morgan fingerprint density at radius 1 is 1.30 bits per heavy atom. The lowest BCUT2D eigenvalue weighted by molar-refractivity contribution is -0.124. The van der Waals surface area contributed by atoms with Crippen LogP contribution < -0.4 is 5.32 Å². The largest absolute Gasteiger partial charge is 0.444 e. The van der Waals surface area contributed by atoms with Crippen LogP contribution in [0, 0.1) is 0 Å². The lowest BCUT2D eigenvalue weighted by Crippen LogP contribution is -2.56. The molecule has 0 aromatic heterocycles. The standard InChI is InChI=1S/C15H25N3O5/c1-15(2,3)23-13(21)16-10-6-5-9(19)7-11(10)18-8-12(20)17(4)14(18)22/h9-11,19H,5-8H2,1-4H3,(H,16,21). The molecule has 1 saturated heterocycles. The number of rotatable bonds is 2. The third-order valence-electron chi connectivity index (χ3n) is 4.10. The highest BCUT2D eigenvalue weighted by atomic mass is 16.6. The van der Waals surface area contributed by atoms with Gasteiger partial charge in [-0.1, -0.05) is 0 Å². The number of hydrogen-bond acceptors (Lipinski definition) is 5. The van der Waals surface area contributed by atoms with E-state index in [1.165, 1.54) is 11.9 Å². The molecule has 8 nitrogen and oxygen atoms in total. The number of aliphatic hydroxyl groups excluding tert-OH is 1. The number of imide groups is 1. The van der Waals surface area contributed by atoms with E-state index in [1.807, 2.05) is 0 Å². The first kappa shape index (κ1) is 17.5. The van der Waals surface area contributed by atoms with Gasteiger partial charge < -0.3 is 20.1 Å². The minimum absolute atomic E-state index is 0.0286. The molecule has 8 heteroatoms. The summed E-state index contributed by atoms with van der Waals surface area (Å²) in [7, 11) is 1.43. The molecule has 2 fully saturated rings. The molecule has 0 aromatic carbocycles. The Hall–Kier alpha value is -1.83. The summed E-state index contributed by atoms with van der Waals surface area (Å²) < 4.78 is 5.25. The van der Waals surface area contributed by atoms with Crippen LogP contribution in [-0.2, 0) is 9.53 Å². The van der Waals surface area contributed by atoms with Crippen LogP contribution in [0.3, 0.4) is 0 Å². The number of likely N-dealkylation sites (N-methyl/N-ethyl adjacent to an activating group) is 1. The Morgan fingerprint density at radius 2 is 1.96 bits per heavy atom. The van der Waals surface area contributed by atoms with Crippen molar-refractivity contribution in [3.63, 3.8) is 0 Å². The van der Waals surface area contributed by atoms with Crippen LogP contribution in [0.25, 0.3) is 0 Å². The molecular weight excluding hydrogens is 302 g/mol. The van der Waals surface area contributed by atoms with Crippen LogP contribution in [0.1, 0.15) is 40.0 Å². The summed E-state index contributed by atoms with van der Waals surface area (Å²) >= 11 is 0. The summed E-state index contributed by atoms with van der Waals surface area (Å²) in [6, 6.07) is -1.17. The van der Waals surface area contributed by atoms with Gasteiger partial charge in [0, 0.05) is 7.05 Å². The maximum absolute atomic E-state index is 12.2. The number of alkyl carbamates (subject to hydrolysis) is 1. The molecule has 2 rings (SSSR count). The summed E-state index contributed by atoms with van der Waals surface area (Å²) in [5.41, 5.74) is -0.618. The van der Waals surface area contributed by atoms with E-state index in [0.29, 0.717) is 19.3 Å². The van der Waals surface area contributed by atoms with Gasteiger partial charge in [0.25, 0.3) is 0 Å². The third kappa shape index (κ3) is 4.13. The predicted molar refractivity (Wildman–Crippen MR) is 81.7 cm³/mol. The van der Waals surface area contributed by atoms with E-state index in [1.54, 1.807) is 20.8 Å². The Bertz CT molecular complexity index is 502. The Labute approximate surface area is 135 Å². The summed E-state index contributed by atoms with van der Waals surface area (Å²) in [6.45, 7) is 5.28. The van der Waals surface area contributed by atoms with Gasteiger partial charge in [-0.3, -0.25) is 9.69 Å². The quantitative estimate of drug-likeness (QED) is 0.727. The summed E-state index contributed by atoms with van der Waals surface area (Å²) in [4.78, 5) is 38.4. The second-order valence-electron chi connectivity index (χ2n) is 7.15. The number of aliphatic hydroxyl groups is 1. The van der Waals surface area contributed by atoms with Crippen molar-refractivity contribution in [2.75, 3.05) is 13.6 Å². The van der Waals surface area contributed by atoms with Gasteiger partial charge in [0.2, 0.25) is 5.91 Å². The van der Waals surface area contributed by atoms with Crippen LogP contribution in [0.2, 0.25) is 0 Å². The normalized spacial score (nSPS) is 29.0. The van der Waals surface area contributed by atoms with Crippen LogP contribution in [-0.4, -0.2) is 70.3 Å². The number of nitrogens with one attached hydrogen (secondary N) is 1. The lowest BCUT2D eigenvalue weighted by atomic mass is 9.87. The minimum atomic E-state index is -0.618. The number of carbonyl (C=O) groups excluding carboxylic acids is 3. The topological polar surface area (TPSA) is 99.2 Å². The fraction of sp³-hybridized carbons (Fsp3) is 0.800. The fourth-order valence-corrected chi connectivity index (χ4v) is 2.97. The lowest BCUT2D eigenvalue weighted by Gasteiger charge is -2.39. The van der Waals surface area contributed by atoms with Gasteiger partial charge >= 0.3 is 12.1 Å². The van der Waals surface area contributed by atoms with Crippen molar-refractivity contribution in [1.29, 1.82) is 0 Å². The number of hydrogen-bond donors (Lipinski definition) is 2. The van der Waals surface area contributed by atoms with Crippen LogP contribution in [0.5, 0.6) is 0 Å². The van der Waals surface area contributed by atoms with E-state index < -0.39 is 29.9 Å². The first-order chi connectivity index (χ1) is 10.6. The second-order valence-corrected chi connectivity index (χ2v) is 7.15. The zero-order valence-electron chi connectivity index (χ0n) is 14.0. The molecular formula is C15H25N3O5. The van der Waals surface area contributed by atoms with Crippen molar-refractivity contribution in [1.82, 2.24) is 15.1 Å². The van der Waals surface area contributed by atoms with Gasteiger partial charge in [-0.15, -0.1) is 0 Å². The Morgan fingerprint density at radius 3 is 2.48 bits per heavy atom. The molecule has 1 heterocycles. The number of ether oxygens (including phenoxy) is 1. The van der Waals surface area contributed by atoms with E-state index in [4.69, 9.17) is 4.74 Å². The van der Waals surface area contributed by atoms with Crippen molar-refractivity contribution in [2.45, 2.75) is 63.8 Å². The van der Waals surface area contributed by atoms with Crippen LogP contribution in [0.15, 0.2) is 0 Å². The highest BCUT2D eigenvalue weighted by Gasteiger charge is 2.43. The van der Waals surface area contributed by atoms with E-state index >= 15 is 0 Å². The SMILES string of the molecule is CN1C(=O)CN(C2CC(O)CCC2NC(=O)OC(C)(C)C)C1=O. The summed E-state index contributed by atoms with van der Waals surface area (Å²) in [6.07, 6.45) is 0.267. The average Bonchev–Trinajstić information content (AvgIpc) is 2.66. The van der Waals surface area contributed by atoms with Gasteiger partial charge in [-0.25, -0.2) is 9.59 Å². The molecule has 3 atom stereocenters. The Kier molecular flexibility index (Phi) is 4.84. The van der Waals surface area contributed by atoms with Crippen molar-refractivity contribution < 1.29 is 24.2 Å². The van der Waals surface area contributed by atoms with Crippen molar-refractivity contribution >= 4 is 18.0 Å². The van der Waals surface area contributed by atoms with E-state index in [-0.39, 0.29) is 18.5 Å². The van der Waals surface area contributed by atoms with E-state index in [9.17, 15) is 19.5 Å². The van der Waals surface area contributed by atoms with Gasteiger partial charge in [0.1, 0.15) is 12.1 Å². The Balaban J connectivity index is 2.09. The van der Waals surface area contributed by atoms with Crippen molar-refractivity contribution in [3.8, 4) is 0 Å². The van der Waals surface area contributed by atoms with Gasteiger partial charge in [-0.05, 0) is 40.0 Å². The molecule has 2 aliphatic rings. The number of urea groups is 1. The number of carbonyl (C=O) groups is 3. The molecule has 2 N–H and O–H groups in total. The van der Waals surface area contributed by atoms with E-state index in [0.717, 1.165) is 4.90 Å². The van der Waals surface area contributed by atoms with E-state index in [2.05, 4.69) is 5.32 Å². The van der Waals surface area contributed by atoms with Crippen molar-refractivity contribution in [2.24, 2.45) is 0 Å². The molecule has 1 aliphatic heterocycles. The van der Waals surface area contributed by atoms with Gasteiger partial charge in [-0.2, -0.15) is 0 Å². The molecule has 1 saturated carbocycles. The third-order valence-corrected chi connectivity index (χ3v) is 4.10. The molecule has 0 radical (unpaired) electrons. The van der Waals surface area contributed by atoms with Gasteiger partial charge in [0.15, 0.2) is 0 Å². The number of amides is 4. The number of nitrogens with zero attached hydrogens (tertiary/aromatic N) is 2. The molecule has 4 amide bonds. The second kappa shape index (κ2) is 6.35. The van der Waals surface area contributed by atoms with Crippen LogP contribution in [0.4, 0.5) is 9.59 Å². The summed E-state index contributed by atoms with van der Waals surface area (Å²) in [5, 5.41) is 12.7. The predicted octanol–water partition coefficient (Wildman–Crippen LogP) is 0.687. The average molecular weight is 327 g/mol. The molecule has 130 valence electrons. The maximum Gasteiger partial charge on any atom is 0.407 e. The zero-order valence-corrected chi connectivity index (χ0v) is 14.0. The summed E-state index contributed by atoms with van der Waals surface area (Å²) in [5.74, 6) is -0.286. The fourth-order valence-electron chi connectivity index (χ4n) is 2.97. The maximum atomic E-state index is 12.2. The molecule has 23 heavy (non-hydrogen) atoms. The molecule has 0 bridgehead atoms. The van der Waals surface area contributed by atoms with Crippen molar-refractivity contribution in [3.05, 3.63) is 0 Å².